The molecule has 0 radical (unpaired) electrons. The van der Waals surface area contributed by atoms with E-state index in [1.54, 1.807) is 11.1 Å². The molecule has 0 aromatic carbocycles. The zero-order chi connectivity index (χ0) is 16.7. The average Bonchev–Trinajstić information content (AvgIpc) is 2.55. The van der Waals surface area contributed by atoms with Gasteiger partial charge in [0.1, 0.15) is 5.82 Å². The first-order chi connectivity index (χ1) is 11.1. The molecule has 1 amide bonds. The van der Waals surface area contributed by atoms with Crippen LogP contribution in [0, 0.1) is 5.92 Å². The highest BCUT2D eigenvalue weighted by molar-refractivity contribution is 5.68. The summed E-state index contributed by atoms with van der Waals surface area (Å²) in [6, 6.07) is 1.91. The van der Waals surface area contributed by atoms with Crippen molar-refractivity contribution in [3.63, 3.8) is 0 Å². The molecule has 0 bridgehead atoms. The Kier molecular flexibility index (Phi) is 6.43. The van der Waals surface area contributed by atoms with E-state index in [4.69, 9.17) is 4.74 Å². The molecule has 128 valence electrons. The second-order valence-electron chi connectivity index (χ2n) is 6.02. The van der Waals surface area contributed by atoms with Crippen molar-refractivity contribution < 1.29 is 9.53 Å². The van der Waals surface area contributed by atoms with Gasteiger partial charge < -0.3 is 19.9 Å². The van der Waals surface area contributed by atoms with E-state index in [-0.39, 0.29) is 6.09 Å². The van der Waals surface area contributed by atoms with Crippen molar-refractivity contribution in [1.29, 1.82) is 0 Å². The van der Waals surface area contributed by atoms with E-state index in [0.29, 0.717) is 31.6 Å². The molecule has 1 N–H and O–H groups in total. The molecular weight excluding hydrogens is 294 g/mol. The highest BCUT2D eigenvalue weighted by Gasteiger charge is 2.22. The van der Waals surface area contributed by atoms with Gasteiger partial charge in [0.25, 0.3) is 0 Å². The first-order valence-corrected chi connectivity index (χ1v) is 8.33. The zero-order valence-electron chi connectivity index (χ0n) is 14.3. The molecule has 0 atom stereocenters. The molecule has 1 fully saturated rings. The summed E-state index contributed by atoms with van der Waals surface area (Å²) in [4.78, 5) is 24.5. The van der Waals surface area contributed by atoms with Gasteiger partial charge in [-0.2, -0.15) is 4.98 Å². The molecule has 23 heavy (non-hydrogen) atoms. The third-order valence-corrected chi connectivity index (χ3v) is 3.78. The quantitative estimate of drug-likeness (QED) is 0.866. The maximum Gasteiger partial charge on any atom is 0.409 e. The molecule has 1 aliphatic heterocycles. The van der Waals surface area contributed by atoms with Crippen LogP contribution in [0.2, 0.25) is 0 Å². The Labute approximate surface area is 138 Å². The maximum absolute atomic E-state index is 11.7. The number of carbonyl (C=O) groups is 1. The van der Waals surface area contributed by atoms with Crippen molar-refractivity contribution in [1.82, 2.24) is 14.9 Å². The molecule has 7 heteroatoms. The predicted molar refractivity (Wildman–Crippen MR) is 90.8 cm³/mol. The van der Waals surface area contributed by atoms with Crippen LogP contribution in [0.3, 0.4) is 0 Å². The lowest BCUT2D eigenvalue weighted by Crippen LogP contribution is -2.49. The van der Waals surface area contributed by atoms with Crippen LogP contribution in [0.15, 0.2) is 12.3 Å². The summed E-state index contributed by atoms with van der Waals surface area (Å²) in [5.74, 6) is 2.22. The van der Waals surface area contributed by atoms with Gasteiger partial charge in [0.15, 0.2) is 0 Å². The van der Waals surface area contributed by atoms with Gasteiger partial charge in [0.2, 0.25) is 5.95 Å². The average molecular weight is 321 g/mol. The normalized spacial score (nSPS) is 15.0. The van der Waals surface area contributed by atoms with E-state index in [2.05, 4.69) is 34.0 Å². The van der Waals surface area contributed by atoms with Crippen molar-refractivity contribution in [2.24, 2.45) is 5.92 Å². The number of nitrogens with one attached hydrogen (secondary N) is 1. The summed E-state index contributed by atoms with van der Waals surface area (Å²) >= 11 is 0. The molecule has 0 saturated carbocycles. The minimum absolute atomic E-state index is 0.231. The van der Waals surface area contributed by atoms with Gasteiger partial charge in [-0.3, -0.25) is 0 Å². The van der Waals surface area contributed by atoms with E-state index in [9.17, 15) is 4.79 Å². The van der Waals surface area contributed by atoms with Crippen LogP contribution in [-0.4, -0.2) is 60.3 Å². The Bertz CT molecular complexity index is 501. The van der Waals surface area contributed by atoms with Gasteiger partial charge in [-0.25, -0.2) is 9.78 Å². The second-order valence-corrected chi connectivity index (χ2v) is 6.02. The van der Waals surface area contributed by atoms with Gasteiger partial charge in [0.05, 0.1) is 6.61 Å². The molecule has 7 nitrogen and oxygen atoms in total. The lowest BCUT2D eigenvalue weighted by Gasteiger charge is -2.34. The van der Waals surface area contributed by atoms with Crippen molar-refractivity contribution >= 4 is 17.9 Å². The molecule has 2 rings (SSSR count). The van der Waals surface area contributed by atoms with Crippen molar-refractivity contribution in [3.05, 3.63) is 12.3 Å². The Morgan fingerprint density at radius 3 is 2.74 bits per heavy atom. The Balaban J connectivity index is 1.87. The lowest BCUT2D eigenvalue weighted by atomic mass is 10.1. The van der Waals surface area contributed by atoms with E-state index < -0.39 is 0 Å². The van der Waals surface area contributed by atoms with Crippen LogP contribution >= 0.6 is 0 Å². The third-order valence-electron chi connectivity index (χ3n) is 3.78. The number of carbonyl (C=O) groups excluding carboxylic acids is 1. The smallest absolute Gasteiger partial charge is 0.409 e. The number of ether oxygens (including phenoxy) is 1. The fourth-order valence-electron chi connectivity index (χ4n) is 2.42. The zero-order valence-corrected chi connectivity index (χ0v) is 14.3. The number of rotatable bonds is 6. The fraction of sp³-hybridized carbons (Fsp3) is 0.688. The van der Waals surface area contributed by atoms with Crippen molar-refractivity contribution in [3.8, 4) is 0 Å². The molecule has 0 spiro atoms. The lowest BCUT2D eigenvalue weighted by molar-refractivity contribution is 0.105. The topological polar surface area (TPSA) is 70.6 Å². The molecule has 2 heterocycles. The number of hydrogen-bond acceptors (Lipinski definition) is 6. The number of anilines is 2. The van der Waals surface area contributed by atoms with Gasteiger partial charge in [-0.05, 0) is 25.3 Å². The second kappa shape index (κ2) is 8.55. The molecule has 1 aromatic rings. The van der Waals surface area contributed by atoms with Crippen LogP contribution < -0.4 is 10.2 Å². The number of aromatic nitrogens is 2. The standard InChI is InChI=1S/C16H27N5O2/c1-4-23-16(22)21-11-9-20(10-12-21)14-6-8-18-15(19-14)17-7-5-13(2)3/h6,8,13H,4-5,7,9-12H2,1-3H3,(H,17,18,19). The summed E-state index contributed by atoms with van der Waals surface area (Å²) in [6.07, 6.45) is 2.63. The van der Waals surface area contributed by atoms with Crippen molar-refractivity contribution in [2.45, 2.75) is 27.2 Å². The highest BCUT2D eigenvalue weighted by atomic mass is 16.6. The minimum atomic E-state index is -0.231. The molecular formula is C16H27N5O2. The Morgan fingerprint density at radius 2 is 2.09 bits per heavy atom. The summed E-state index contributed by atoms with van der Waals surface area (Å²) in [5, 5.41) is 3.27. The number of hydrogen-bond donors (Lipinski definition) is 1. The number of piperazine rings is 1. The van der Waals surface area contributed by atoms with E-state index in [1.165, 1.54) is 0 Å². The SMILES string of the molecule is CCOC(=O)N1CCN(c2ccnc(NCCC(C)C)n2)CC1. The Morgan fingerprint density at radius 1 is 1.35 bits per heavy atom. The van der Waals surface area contributed by atoms with Crippen LogP contribution in [0.25, 0.3) is 0 Å². The highest BCUT2D eigenvalue weighted by Crippen LogP contribution is 2.15. The van der Waals surface area contributed by atoms with Gasteiger partial charge in [-0.15, -0.1) is 0 Å². The monoisotopic (exact) mass is 321 g/mol. The summed E-state index contributed by atoms with van der Waals surface area (Å²) in [6.45, 7) is 10.3. The number of nitrogens with zero attached hydrogens (tertiary/aromatic N) is 4. The molecule has 1 saturated heterocycles. The van der Waals surface area contributed by atoms with Crippen LogP contribution in [0.4, 0.5) is 16.6 Å². The molecule has 0 unspecified atom stereocenters. The minimum Gasteiger partial charge on any atom is -0.450 e. The molecule has 1 aliphatic rings. The molecule has 0 aliphatic carbocycles. The van der Waals surface area contributed by atoms with Crippen LogP contribution in [-0.2, 0) is 4.74 Å². The first kappa shape index (κ1) is 17.3. The first-order valence-electron chi connectivity index (χ1n) is 8.33. The van der Waals surface area contributed by atoms with Gasteiger partial charge in [0, 0.05) is 38.9 Å². The summed E-state index contributed by atoms with van der Waals surface area (Å²) in [5.41, 5.74) is 0. The van der Waals surface area contributed by atoms with E-state index >= 15 is 0 Å². The van der Waals surface area contributed by atoms with Crippen molar-refractivity contribution in [2.75, 3.05) is 49.5 Å². The fourth-order valence-corrected chi connectivity index (χ4v) is 2.42. The van der Waals surface area contributed by atoms with E-state index in [0.717, 1.165) is 31.9 Å². The summed E-state index contributed by atoms with van der Waals surface area (Å²) < 4.78 is 5.04. The van der Waals surface area contributed by atoms with Gasteiger partial charge in [-0.1, -0.05) is 13.8 Å². The largest absolute Gasteiger partial charge is 0.450 e. The van der Waals surface area contributed by atoms with Crippen LogP contribution in [0.1, 0.15) is 27.2 Å². The number of amides is 1. The summed E-state index contributed by atoms with van der Waals surface area (Å²) in [7, 11) is 0. The molecule has 1 aromatic heterocycles. The third kappa shape index (κ3) is 5.26. The van der Waals surface area contributed by atoms with Crippen LogP contribution in [0.5, 0.6) is 0 Å². The predicted octanol–water partition coefficient (Wildman–Crippen LogP) is 2.21. The van der Waals surface area contributed by atoms with E-state index in [1.807, 2.05) is 13.0 Å². The Hall–Kier alpha value is -2.05. The maximum atomic E-state index is 11.7. The van der Waals surface area contributed by atoms with Gasteiger partial charge >= 0.3 is 6.09 Å².